The number of aryl methyl sites for hydroxylation is 1. The highest BCUT2D eigenvalue weighted by molar-refractivity contribution is 6.00. The third-order valence-electron chi connectivity index (χ3n) is 4.91. The smallest absolute Gasteiger partial charge is 0.339 e. The molecule has 168 valence electrons. The number of methoxy groups -OCH3 is 1. The number of para-hydroxylation sites is 2. The number of pyridine rings is 1. The molecule has 3 aromatic rings. The highest BCUT2D eigenvalue weighted by Gasteiger charge is 2.23. The number of benzene rings is 1. The molecule has 0 spiro atoms. The molecular formula is C24H27N3O5. The fourth-order valence-electron chi connectivity index (χ4n) is 3.30. The SMILES string of the molecule is CCOc1ccccc1Oc1ccc(CNC(=O)c2[nH]c(CC)c(C(=O)OC)c2C)cn1. The van der Waals surface area contributed by atoms with Crippen molar-refractivity contribution in [1.29, 1.82) is 0 Å². The maximum atomic E-state index is 12.7. The summed E-state index contributed by atoms with van der Waals surface area (Å²) >= 11 is 0. The Morgan fingerprint density at radius 1 is 1.09 bits per heavy atom. The van der Waals surface area contributed by atoms with Crippen molar-refractivity contribution in [3.8, 4) is 17.4 Å². The van der Waals surface area contributed by atoms with Gasteiger partial charge in [-0.05, 0) is 43.5 Å². The lowest BCUT2D eigenvalue weighted by Gasteiger charge is -2.11. The van der Waals surface area contributed by atoms with Crippen molar-refractivity contribution in [2.45, 2.75) is 33.7 Å². The number of carbonyl (C=O) groups excluding carboxylic acids is 2. The zero-order valence-electron chi connectivity index (χ0n) is 18.7. The van der Waals surface area contributed by atoms with E-state index in [4.69, 9.17) is 14.2 Å². The monoisotopic (exact) mass is 437 g/mol. The molecule has 2 heterocycles. The number of carbonyl (C=O) groups is 2. The van der Waals surface area contributed by atoms with Gasteiger partial charge in [0, 0.05) is 24.5 Å². The molecule has 0 aliphatic carbocycles. The van der Waals surface area contributed by atoms with Gasteiger partial charge in [-0.1, -0.05) is 25.1 Å². The van der Waals surface area contributed by atoms with Gasteiger partial charge >= 0.3 is 5.97 Å². The molecule has 3 rings (SSSR count). The molecule has 2 N–H and O–H groups in total. The van der Waals surface area contributed by atoms with Gasteiger partial charge in [-0.2, -0.15) is 0 Å². The Labute approximate surface area is 186 Å². The van der Waals surface area contributed by atoms with Crippen molar-refractivity contribution in [2.75, 3.05) is 13.7 Å². The second-order valence-electron chi connectivity index (χ2n) is 6.99. The summed E-state index contributed by atoms with van der Waals surface area (Å²) in [4.78, 5) is 32.1. The number of ether oxygens (including phenoxy) is 3. The first kappa shape index (κ1) is 22.9. The first-order chi connectivity index (χ1) is 15.5. The number of nitrogens with zero attached hydrogens (tertiary/aromatic N) is 1. The number of esters is 1. The molecule has 8 nitrogen and oxygen atoms in total. The molecule has 0 saturated heterocycles. The molecule has 2 aromatic heterocycles. The highest BCUT2D eigenvalue weighted by atomic mass is 16.5. The van der Waals surface area contributed by atoms with E-state index in [2.05, 4.69) is 15.3 Å². The van der Waals surface area contributed by atoms with Crippen LogP contribution in [-0.4, -0.2) is 35.6 Å². The Bertz CT molecular complexity index is 1090. The molecule has 0 bridgehead atoms. The van der Waals surface area contributed by atoms with Gasteiger partial charge in [0.25, 0.3) is 5.91 Å². The summed E-state index contributed by atoms with van der Waals surface area (Å²) in [7, 11) is 1.32. The molecule has 0 saturated carbocycles. The van der Waals surface area contributed by atoms with Gasteiger partial charge in [-0.3, -0.25) is 4.79 Å². The van der Waals surface area contributed by atoms with E-state index in [-0.39, 0.29) is 12.5 Å². The average Bonchev–Trinajstić information content (AvgIpc) is 3.15. The number of aromatic amines is 1. The lowest BCUT2D eigenvalue weighted by atomic mass is 10.1. The summed E-state index contributed by atoms with van der Waals surface area (Å²) in [6.45, 7) is 6.35. The van der Waals surface area contributed by atoms with E-state index in [1.807, 2.05) is 44.2 Å². The molecule has 0 radical (unpaired) electrons. The van der Waals surface area contributed by atoms with Gasteiger partial charge in [-0.15, -0.1) is 0 Å². The number of nitrogens with one attached hydrogen (secondary N) is 2. The number of hydrogen-bond acceptors (Lipinski definition) is 6. The maximum Gasteiger partial charge on any atom is 0.339 e. The average molecular weight is 437 g/mol. The number of aromatic nitrogens is 2. The normalized spacial score (nSPS) is 10.5. The standard InChI is InChI=1S/C24H27N3O5/c1-5-17-21(24(29)30-4)15(3)22(27-17)23(28)26-14-16-11-12-20(25-13-16)32-19-10-8-7-9-18(19)31-6-2/h7-13,27H,5-6,14H2,1-4H3,(H,26,28). The van der Waals surface area contributed by atoms with Gasteiger partial charge in [0.15, 0.2) is 11.5 Å². The minimum absolute atomic E-state index is 0.273. The molecular weight excluding hydrogens is 410 g/mol. The highest BCUT2D eigenvalue weighted by Crippen LogP contribution is 2.30. The van der Waals surface area contributed by atoms with Gasteiger partial charge < -0.3 is 24.5 Å². The van der Waals surface area contributed by atoms with Crippen molar-refractivity contribution >= 4 is 11.9 Å². The number of amides is 1. The van der Waals surface area contributed by atoms with Crippen LogP contribution in [0.5, 0.6) is 17.4 Å². The molecule has 0 aliphatic heterocycles. The van der Waals surface area contributed by atoms with Crippen LogP contribution in [0.15, 0.2) is 42.6 Å². The largest absolute Gasteiger partial charge is 0.490 e. The third kappa shape index (κ3) is 5.08. The molecule has 0 unspecified atom stereocenters. The second kappa shape index (κ2) is 10.5. The quantitative estimate of drug-likeness (QED) is 0.487. The molecule has 8 heteroatoms. The fraction of sp³-hybridized carbons (Fsp3) is 0.292. The van der Waals surface area contributed by atoms with E-state index in [9.17, 15) is 9.59 Å². The lowest BCUT2D eigenvalue weighted by molar-refractivity contribution is 0.0599. The van der Waals surface area contributed by atoms with Crippen LogP contribution in [0.3, 0.4) is 0 Å². The first-order valence-electron chi connectivity index (χ1n) is 10.4. The van der Waals surface area contributed by atoms with E-state index in [1.165, 1.54) is 7.11 Å². The van der Waals surface area contributed by atoms with Crippen molar-refractivity contribution < 1.29 is 23.8 Å². The number of H-pyrrole nitrogens is 1. The Kier molecular flexibility index (Phi) is 7.49. The Balaban J connectivity index is 1.65. The molecule has 0 aliphatic rings. The summed E-state index contributed by atoms with van der Waals surface area (Å²) in [5, 5.41) is 2.85. The zero-order chi connectivity index (χ0) is 23.1. The van der Waals surface area contributed by atoms with Gasteiger partial charge in [0.2, 0.25) is 5.88 Å². The van der Waals surface area contributed by atoms with Crippen molar-refractivity contribution in [3.05, 3.63) is 70.7 Å². The lowest BCUT2D eigenvalue weighted by Crippen LogP contribution is -2.24. The van der Waals surface area contributed by atoms with Crippen LogP contribution in [0.2, 0.25) is 0 Å². The van der Waals surface area contributed by atoms with E-state index < -0.39 is 5.97 Å². The van der Waals surface area contributed by atoms with Crippen molar-refractivity contribution in [2.24, 2.45) is 0 Å². The predicted molar refractivity (Wildman–Crippen MR) is 119 cm³/mol. The summed E-state index contributed by atoms with van der Waals surface area (Å²) < 4.78 is 16.2. The van der Waals surface area contributed by atoms with Crippen molar-refractivity contribution in [1.82, 2.24) is 15.3 Å². The molecule has 32 heavy (non-hydrogen) atoms. The molecule has 0 atom stereocenters. The van der Waals surface area contributed by atoms with Crippen LogP contribution < -0.4 is 14.8 Å². The van der Waals surface area contributed by atoms with E-state index in [0.717, 1.165) is 5.56 Å². The van der Waals surface area contributed by atoms with Crippen LogP contribution in [0, 0.1) is 6.92 Å². The molecule has 0 fully saturated rings. The minimum atomic E-state index is -0.458. The van der Waals surface area contributed by atoms with E-state index in [0.29, 0.717) is 52.9 Å². The molecule has 1 aromatic carbocycles. The second-order valence-corrected chi connectivity index (χ2v) is 6.99. The van der Waals surface area contributed by atoms with Gasteiger partial charge in [-0.25, -0.2) is 9.78 Å². The summed E-state index contributed by atoms with van der Waals surface area (Å²) in [6.07, 6.45) is 2.22. The Morgan fingerprint density at radius 2 is 1.84 bits per heavy atom. The topological polar surface area (TPSA) is 103 Å². The summed E-state index contributed by atoms with van der Waals surface area (Å²) in [6, 6.07) is 10.9. The summed E-state index contributed by atoms with van der Waals surface area (Å²) in [5.74, 6) is 0.881. The maximum absolute atomic E-state index is 12.7. The predicted octanol–water partition coefficient (Wildman–Crippen LogP) is 4.19. The van der Waals surface area contributed by atoms with Crippen molar-refractivity contribution in [3.63, 3.8) is 0 Å². The Hall–Kier alpha value is -3.81. The Morgan fingerprint density at radius 3 is 2.47 bits per heavy atom. The van der Waals surface area contributed by atoms with Crippen LogP contribution in [0.1, 0.15) is 51.5 Å². The minimum Gasteiger partial charge on any atom is -0.490 e. The number of hydrogen-bond donors (Lipinski definition) is 2. The fourth-order valence-corrected chi connectivity index (χ4v) is 3.30. The zero-order valence-corrected chi connectivity index (χ0v) is 18.7. The van der Waals surface area contributed by atoms with Gasteiger partial charge in [0.1, 0.15) is 5.69 Å². The van der Waals surface area contributed by atoms with Gasteiger partial charge in [0.05, 0.1) is 19.3 Å². The summed E-state index contributed by atoms with van der Waals surface area (Å²) in [5.41, 5.74) is 2.81. The van der Waals surface area contributed by atoms with Crippen LogP contribution in [0.25, 0.3) is 0 Å². The molecule has 1 amide bonds. The van der Waals surface area contributed by atoms with Crippen LogP contribution in [-0.2, 0) is 17.7 Å². The van der Waals surface area contributed by atoms with E-state index >= 15 is 0 Å². The number of rotatable bonds is 9. The van der Waals surface area contributed by atoms with E-state index in [1.54, 1.807) is 19.2 Å². The van der Waals surface area contributed by atoms with Crippen LogP contribution >= 0.6 is 0 Å². The van der Waals surface area contributed by atoms with Crippen LogP contribution in [0.4, 0.5) is 0 Å². The third-order valence-corrected chi connectivity index (χ3v) is 4.91. The first-order valence-corrected chi connectivity index (χ1v) is 10.4.